The zero-order valence-corrected chi connectivity index (χ0v) is 13.5. The molecule has 23 heavy (non-hydrogen) atoms. The summed E-state index contributed by atoms with van der Waals surface area (Å²) in [5, 5.41) is 13.7. The third kappa shape index (κ3) is 4.00. The Morgan fingerprint density at radius 1 is 1.22 bits per heavy atom. The van der Waals surface area contributed by atoms with Crippen LogP contribution in [0.15, 0.2) is 36.4 Å². The van der Waals surface area contributed by atoms with Gasteiger partial charge in [-0.3, -0.25) is 9.59 Å². The Morgan fingerprint density at radius 2 is 1.96 bits per heavy atom. The molecule has 2 aromatic rings. The van der Waals surface area contributed by atoms with Gasteiger partial charge in [0.2, 0.25) is 5.91 Å². The van der Waals surface area contributed by atoms with E-state index in [1.807, 2.05) is 36.4 Å². The molecule has 2 unspecified atom stereocenters. The molecule has 0 aromatic heterocycles. The molecule has 122 valence electrons. The molecule has 0 spiro atoms. The summed E-state index contributed by atoms with van der Waals surface area (Å²) >= 11 is 0. The fourth-order valence-corrected chi connectivity index (χ4v) is 2.41. The highest BCUT2D eigenvalue weighted by Gasteiger charge is 2.21. The highest BCUT2D eigenvalue weighted by Crippen LogP contribution is 2.24. The second kappa shape index (κ2) is 7.13. The van der Waals surface area contributed by atoms with E-state index in [2.05, 4.69) is 5.32 Å². The van der Waals surface area contributed by atoms with Gasteiger partial charge in [-0.1, -0.05) is 24.3 Å². The highest BCUT2D eigenvalue weighted by atomic mass is 16.5. The van der Waals surface area contributed by atoms with Gasteiger partial charge in [-0.25, -0.2) is 0 Å². The third-order valence-electron chi connectivity index (χ3n) is 4.06. The molecule has 1 amide bonds. The van der Waals surface area contributed by atoms with E-state index < -0.39 is 17.9 Å². The van der Waals surface area contributed by atoms with Gasteiger partial charge in [0, 0.05) is 6.04 Å². The van der Waals surface area contributed by atoms with E-state index in [4.69, 9.17) is 9.84 Å². The van der Waals surface area contributed by atoms with Crippen LogP contribution in [-0.4, -0.2) is 30.1 Å². The van der Waals surface area contributed by atoms with Crippen LogP contribution in [0.5, 0.6) is 5.75 Å². The van der Waals surface area contributed by atoms with Crippen molar-refractivity contribution in [3.63, 3.8) is 0 Å². The van der Waals surface area contributed by atoms with E-state index in [0.29, 0.717) is 0 Å². The zero-order valence-electron chi connectivity index (χ0n) is 13.5. The number of carbonyl (C=O) groups is 2. The lowest BCUT2D eigenvalue weighted by Crippen LogP contribution is -2.40. The van der Waals surface area contributed by atoms with Crippen molar-refractivity contribution in [2.45, 2.75) is 26.3 Å². The fraction of sp³-hybridized carbons (Fsp3) is 0.333. The van der Waals surface area contributed by atoms with Crippen LogP contribution in [0.25, 0.3) is 10.8 Å². The fourth-order valence-electron chi connectivity index (χ4n) is 2.41. The Morgan fingerprint density at radius 3 is 2.61 bits per heavy atom. The van der Waals surface area contributed by atoms with Crippen molar-refractivity contribution in [3.8, 4) is 5.75 Å². The van der Waals surface area contributed by atoms with Gasteiger partial charge in [-0.15, -0.1) is 0 Å². The molecule has 0 radical (unpaired) electrons. The van der Waals surface area contributed by atoms with Crippen LogP contribution < -0.4 is 10.1 Å². The monoisotopic (exact) mass is 315 g/mol. The average Bonchev–Trinajstić information content (AvgIpc) is 2.53. The second-order valence-corrected chi connectivity index (χ2v) is 5.66. The summed E-state index contributed by atoms with van der Waals surface area (Å²) < 4.78 is 5.24. The number of methoxy groups -OCH3 is 1. The summed E-state index contributed by atoms with van der Waals surface area (Å²) in [6.07, 6.45) is 0.196. The van der Waals surface area contributed by atoms with Crippen LogP contribution in [0.2, 0.25) is 0 Å². The number of nitrogens with one attached hydrogen (secondary N) is 1. The normalized spacial score (nSPS) is 13.3. The van der Waals surface area contributed by atoms with Gasteiger partial charge in [0.05, 0.1) is 19.4 Å². The van der Waals surface area contributed by atoms with Gasteiger partial charge in [0.15, 0.2) is 0 Å². The molecule has 5 nitrogen and oxygen atoms in total. The number of aliphatic carboxylic acids is 1. The number of benzene rings is 2. The lowest BCUT2D eigenvalue weighted by atomic mass is 10.0. The number of rotatable bonds is 6. The van der Waals surface area contributed by atoms with Crippen molar-refractivity contribution >= 4 is 22.6 Å². The number of hydrogen-bond donors (Lipinski definition) is 2. The van der Waals surface area contributed by atoms with Crippen LogP contribution in [0.3, 0.4) is 0 Å². The van der Waals surface area contributed by atoms with Crippen LogP contribution >= 0.6 is 0 Å². The molecule has 2 rings (SSSR count). The van der Waals surface area contributed by atoms with Gasteiger partial charge in [0.25, 0.3) is 0 Å². The Balaban J connectivity index is 2.18. The first-order valence-corrected chi connectivity index (χ1v) is 7.50. The van der Waals surface area contributed by atoms with E-state index in [0.717, 1.165) is 22.1 Å². The molecule has 0 aliphatic heterocycles. The number of fused-ring (bicyclic) bond motifs is 1. The molecule has 0 saturated carbocycles. The van der Waals surface area contributed by atoms with Crippen molar-refractivity contribution in [1.29, 1.82) is 0 Å². The summed E-state index contributed by atoms with van der Waals surface area (Å²) in [6, 6.07) is 11.1. The van der Waals surface area contributed by atoms with E-state index in [-0.39, 0.29) is 12.3 Å². The molecule has 0 fully saturated rings. The van der Waals surface area contributed by atoms with E-state index in [1.165, 1.54) is 0 Å². The van der Waals surface area contributed by atoms with Crippen molar-refractivity contribution in [2.24, 2.45) is 5.92 Å². The van der Waals surface area contributed by atoms with Crippen molar-refractivity contribution in [3.05, 3.63) is 42.0 Å². The van der Waals surface area contributed by atoms with Crippen LogP contribution in [0, 0.1) is 5.92 Å². The standard InChI is InChI=1S/C18H21NO4/c1-11(18(21)22)12(2)19-17(20)9-14-6-4-5-13-7-8-15(23-3)10-16(13)14/h4-8,10-12H,9H2,1-3H3,(H,19,20)(H,21,22). The first-order chi connectivity index (χ1) is 10.9. The van der Waals surface area contributed by atoms with Crippen molar-refractivity contribution in [1.82, 2.24) is 5.32 Å². The van der Waals surface area contributed by atoms with E-state index >= 15 is 0 Å². The number of carboxylic acid groups (broad SMARTS) is 1. The maximum atomic E-state index is 12.2. The lowest BCUT2D eigenvalue weighted by molar-refractivity contribution is -0.142. The maximum absolute atomic E-state index is 12.2. The Hall–Kier alpha value is -2.56. The highest BCUT2D eigenvalue weighted by molar-refractivity contribution is 5.91. The summed E-state index contributed by atoms with van der Waals surface area (Å²) in [4.78, 5) is 23.2. The summed E-state index contributed by atoms with van der Waals surface area (Å²) in [5.74, 6) is -1.02. The van der Waals surface area contributed by atoms with E-state index in [1.54, 1.807) is 21.0 Å². The summed E-state index contributed by atoms with van der Waals surface area (Å²) in [7, 11) is 1.60. The van der Waals surface area contributed by atoms with Crippen molar-refractivity contribution < 1.29 is 19.4 Å². The summed E-state index contributed by atoms with van der Waals surface area (Å²) in [6.45, 7) is 3.28. The largest absolute Gasteiger partial charge is 0.497 e. The number of amides is 1. The molecular weight excluding hydrogens is 294 g/mol. The SMILES string of the molecule is COc1ccc2cccc(CC(=O)NC(C)C(C)C(=O)O)c2c1. The van der Waals surface area contributed by atoms with E-state index in [9.17, 15) is 9.59 Å². The van der Waals surface area contributed by atoms with Gasteiger partial charge >= 0.3 is 5.97 Å². The molecular formula is C18H21NO4. The average molecular weight is 315 g/mol. The number of carbonyl (C=O) groups excluding carboxylic acids is 1. The minimum atomic E-state index is -0.923. The molecule has 0 saturated heterocycles. The van der Waals surface area contributed by atoms with Crippen LogP contribution in [-0.2, 0) is 16.0 Å². The molecule has 2 atom stereocenters. The molecule has 2 N–H and O–H groups in total. The molecule has 5 heteroatoms. The van der Waals surface area contributed by atoms with Crippen molar-refractivity contribution in [2.75, 3.05) is 7.11 Å². The molecule has 0 aliphatic rings. The first kappa shape index (κ1) is 16.8. The third-order valence-corrected chi connectivity index (χ3v) is 4.06. The summed E-state index contributed by atoms with van der Waals surface area (Å²) in [5.41, 5.74) is 0.883. The topological polar surface area (TPSA) is 75.6 Å². The Kier molecular flexibility index (Phi) is 5.21. The molecule has 0 heterocycles. The van der Waals surface area contributed by atoms with Gasteiger partial charge in [-0.2, -0.15) is 0 Å². The number of carboxylic acids is 1. The Labute approximate surface area is 135 Å². The quantitative estimate of drug-likeness (QED) is 0.859. The smallest absolute Gasteiger partial charge is 0.308 e. The Bertz CT molecular complexity index is 726. The maximum Gasteiger partial charge on any atom is 0.308 e. The van der Waals surface area contributed by atoms with Crippen LogP contribution in [0.4, 0.5) is 0 Å². The van der Waals surface area contributed by atoms with Gasteiger partial charge in [-0.05, 0) is 42.3 Å². The second-order valence-electron chi connectivity index (χ2n) is 5.66. The van der Waals surface area contributed by atoms with Gasteiger partial charge < -0.3 is 15.2 Å². The number of ether oxygens (including phenoxy) is 1. The molecule has 0 aliphatic carbocycles. The molecule has 2 aromatic carbocycles. The number of hydrogen-bond acceptors (Lipinski definition) is 3. The zero-order chi connectivity index (χ0) is 17.0. The lowest BCUT2D eigenvalue weighted by Gasteiger charge is -2.18. The van der Waals surface area contributed by atoms with Crippen LogP contribution in [0.1, 0.15) is 19.4 Å². The minimum Gasteiger partial charge on any atom is -0.497 e. The predicted octanol–water partition coefficient (Wildman–Crippen LogP) is 2.62. The minimum absolute atomic E-state index is 0.194. The molecule has 0 bridgehead atoms. The first-order valence-electron chi connectivity index (χ1n) is 7.50. The van der Waals surface area contributed by atoms with Gasteiger partial charge in [0.1, 0.15) is 5.75 Å². The predicted molar refractivity (Wildman–Crippen MR) is 88.6 cm³/mol.